The van der Waals surface area contributed by atoms with Gasteiger partial charge in [-0.15, -0.1) is 0 Å². The Balaban J connectivity index is 1.60. The van der Waals surface area contributed by atoms with Crippen LogP contribution >= 0.6 is 0 Å². The molecule has 0 fully saturated rings. The molecule has 4 nitrogen and oxygen atoms in total. The Hall–Kier alpha value is -3.21. The van der Waals surface area contributed by atoms with Crippen molar-refractivity contribution in [3.8, 4) is 0 Å². The molecule has 3 aromatic rings. The number of esters is 1. The van der Waals surface area contributed by atoms with Crippen LogP contribution in [0.2, 0.25) is 0 Å². The van der Waals surface area contributed by atoms with E-state index in [1.165, 1.54) is 18.2 Å². The van der Waals surface area contributed by atoms with Gasteiger partial charge in [-0.05, 0) is 41.1 Å². The van der Waals surface area contributed by atoms with Gasteiger partial charge in [-0.3, -0.25) is 4.79 Å². The molecule has 0 saturated carbocycles. The number of amides is 1. The average Bonchev–Trinajstić information content (AvgIpc) is 2.59. The van der Waals surface area contributed by atoms with Crippen molar-refractivity contribution in [1.82, 2.24) is 0 Å². The van der Waals surface area contributed by atoms with Crippen LogP contribution in [0.1, 0.15) is 10.4 Å². The molecule has 5 heteroatoms. The molecule has 0 radical (unpaired) electrons. The SMILES string of the molecule is O=C(COC(=O)c1ccc2ccccc2c1)Nc1cccc(F)c1. The van der Waals surface area contributed by atoms with Gasteiger partial charge in [-0.25, -0.2) is 9.18 Å². The van der Waals surface area contributed by atoms with Crippen molar-refractivity contribution >= 4 is 28.3 Å². The topological polar surface area (TPSA) is 55.4 Å². The second kappa shape index (κ2) is 6.91. The summed E-state index contributed by atoms with van der Waals surface area (Å²) in [5.41, 5.74) is 0.675. The summed E-state index contributed by atoms with van der Waals surface area (Å²) in [6.45, 7) is -0.442. The minimum Gasteiger partial charge on any atom is -0.452 e. The third-order valence-electron chi connectivity index (χ3n) is 3.43. The van der Waals surface area contributed by atoms with E-state index in [1.54, 1.807) is 18.2 Å². The van der Waals surface area contributed by atoms with Crippen molar-refractivity contribution in [3.05, 3.63) is 78.1 Å². The number of halogens is 1. The maximum absolute atomic E-state index is 13.0. The first-order chi connectivity index (χ1) is 11.6. The summed E-state index contributed by atoms with van der Waals surface area (Å²) in [6.07, 6.45) is 0. The molecule has 3 rings (SSSR count). The molecule has 0 saturated heterocycles. The molecule has 0 aliphatic heterocycles. The lowest BCUT2D eigenvalue weighted by Crippen LogP contribution is -2.21. The summed E-state index contributed by atoms with van der Waals surface area (Å²) < 4.78 is 18.0. The van der Waals surface area contributed by atoms with E-state index in [9.17, 15) is 14.0 Å². The van der Waals surface area contributed by atoms with Crippen molar-refractivity contribution in [3.63, 3.8) is 0 Å². The molecule has 0 spiro atoms. The van der Waals surface area contributed by atoms with E-state index in [0.717, 1.165) is 10.8 Å². The van der Waals surface area contributed by atoms with Gasteiger partial charge >= 0.3 is 5.97 Å². The van der Waals surface area contributed by atoms with Gasteiger partial charge in [0.05, 0.1) is 5.56 Å². The maximum atomic E-state index is 13.0. The first-order valence-corrected chi connectivity index (χ1v) is 7.33. The first-order valence-electron chi connectivity index (χ1n) is 7.33. The Labute approximate surface area is 137 Å². The third-order valence-corrected chi connectivity index (χ3v) is 3.43. The van der Waals surface area contributed by atoms with Gasteiger partial charge in [0.15, 0.2) is 6.61 Å². The van der Waals surface area contributed by atoms with E-state index >= 15 is 0 Å². The molecule has 0 atom stereocenters. The predicted molar refractivity (Wildman–Crippen MR) is 89.3 cm³/mol. The molecule has 0 aromatic heterocycles. The smallest absolute Gasteiger partial charge is 0.338 e. The maximum Gasteiger partial charge on any atom is 0.338 e. The lowest BCUT2D eigenvalue weighted by Gasteiger charge is -2.07. The van der Waals surface area contributed by atoms with Gasteiger partial charge in [0, 0.05) is 5.69 Å². The van der Waals surface area contributed by atoms with Crippen LogP contribution in [-0.4, -0.2) is 18.5 Å². The van der Waals surface area contributed by atoms with E-state index < -0.39 is 24.3 Å². The van der Waals surface area contributed by atoms with E-state index in [-0.39, 0.29) is 0 Å². The van der Waals surface area contributed by atoms with E-state index in [1.807, 2.05) is 30.3 Å². The monoisotopic (exact) mass is 323 g/mol. The number of ether oxygens (including phenoxy) is 1. The number of rotatable bonds is 4. The summed E-state index contributed by atoms with van der Waals surface area (Å²) in [5, 5.41) is 4.39. The highest BCUT2D eigenvalue weighted by Gasteiger charge is 2.11. The molecule has 0 aliphatic carbocycles. The largest absolute Gasteiger partial charge is 0.452 e. The Morgan fingerprint density at radius 3 is 2.50 bits per heavy atom. The number of carbonyl (C=O) groups excluding carboxylic acids is 2. The highest BCUT2D eigenvalue weighted by Crippen LogP contribution is 2.16. The van der Waals surface area contributed by atoms with E-state index in [4.69, 9.17) is 4.74 Å². The van der Waals surface area contributed by atoms with Gasteiger partial charge in [0.2, 0.25) is 0 Å². The van der Waals surface area contributed by atoms with Crippen molar-refractivity contribution in [2.24, 2.45) is 0 Å². The third kappa shape index (κ3) is 3.76. The molecular formula is C19H14FNO3. The predicted octanol–water partition coefficient (Wildman–Crippen LogP) is 3.77. The fourth-order valence-electron chi connectivity index (χ4n) is 2.29. The number of hydrogen-bond acceptors (Lipinski definition) is 3. The van der Waals surface area contributed by atoms with Crippen LogP contribution in [0.15, 0.2) is 66.7 Å². The number of nitrogens with one attached hydrogen (secondary N) is 1. The number of hydrogen-bond donors (Lipinski definition) is 1. The normalized spacial score (nSPS) is 10.4. The fraction of sp³-hybridized carbons (Fsp3) is 0.0526. The fourth-order valence-corrected chi connectivity index (χ4v) is 2.29. The lowest BCUT2D eigenvalue weighted by atomic mass is 10.1. The van der Waals surface area contributed by atoms with Crippen LogP contribution in [0.4, 0.5) is 10.1 Å². The van der Waals surface area contributed by atoms with Crippen LogP contribution < -0.4 is 5.32 Å². The zero-order valence-corrected chi connectivity index (χ0v) is 12.7. The molecule has 3 aromatic carbocycles. The minimum absolute atomic E-state index is 0.307. The Morgan fingerprint density at radius 2 is 1.71 bits per heavy atom. The number of anilines is 1. The highest BCUT2D eigenvalue weighted by atomic mass is 19.1. The number of carbonyl (C=O) groups is 2. The summed E-state index contributed by atoms with van der Waals surface area (Å²) in [5.74, 6) is -1.58. The lowest BCUT2D eigenvalue weighted by molar-refractivity contribution is -0.119. The second-order valence-corrected chi connectivity index (χ2v) is 5.20. The quantitative estimate of drug-likeness (QED) is 0.744. The molecule has 24 heavy (non-hydrogen) atoms. The molecule has 0 heterocycles. The highest BCUT2D eigenvalue weighted by molar-refractivity contribution is 5.98. The van der Waals surface area contributed by atoms with Crippen LogP contribution in [0, 0.1) is 5.82 Å². The molecule has 1 N–H and O–H groups in total. The molecule has 0 aliphatic rings. The van der Waals surface area contributed by atoms with Crippen LogP contribution in [0.25, 0.3) is 10.8 Å². The number of fused-ring (bicyclic) bond motifs is 1. The van der Waals surface area contributed by atoms with Gasteiger partial charge in [-0.2, -0.15) is 0 Å². The van der Waals surface area contributed by atoms with Crippen LogP contribution in [0.5, 0.6) is 0 Å². The van der Waals surface area contributed by atoms with Crippen LogP contribution in [0.3, 0.4) is 0 Å². The Kier molecular flexibility index (Phi) is 4.52. The standard InChI is InChI=1S/C19H14FNO3/c20-16-6-3-7-17(11-16)21-18(22)12-24-19(23)15-9-8-13-4-1-2-5-14(13)10-15/h1-11H,12H2,(H,21,22). The minimum atomic E-state index is -0.588. The van der Waals surface area contributed by atoms with Crippen molar-refractivity contribution < 1.29 is 18.7 Å². The molecule has 1 amide bonds. The summed E-state index contributed by atoms with van der Waals surface area (Å²) >= 11 is 0. The van der Waals surface area contributed by atoms with Crippen LogP contribution in [-0.2, 0) is 9.53 Å². The van der Waals surface area contributed by atoms with E-state index in [0.29, 0.717) is 11.3 Å². The summed E-state index contributed by atoms with van der Waals surface area (Å²) in [6, 6.07) is 18.3. The summed E-state index contributed by atoms with van der Waals surface area (Å²) in [4.78, 5) is 23.8. The van der Waals surface area contributed by atoms with Crippen molar-refractivity contribution in [2.45, 2.75) is 0 Å². The van der Waals surface area contributed by atoms with E-state index in [2.05, 4.69) is 5.32 Å². The molecule has 120 valence electrons. The first kappa shape index (κ1) is 15.7. The van der Waals surface area contributed by atoms with Gasteiger partial charge < -0.3 is 10.1 Å². The Bertz CT molecular complexity index is 908. The van der Waals surface area contributed by atoms with Gasteiger partial charge in [-0.1, -0.05) is 36.4 Å². The second-order valence-electron chi connectivity index (χ2n) is 5.20. The van der Waals surface area contributed by atoms with Crippen molar-refractivity contribution in [2.75, 3.05) is 11.9 Å². The Morgan fingerprint density at radius 1 is 0.917 bits per heavy atom. The zero-order chi connectivity index (χ0) is 16.9. The average molecular weight is 323 g/mol. The summed E-state index contributed by atoms with van der Waals surface area (Å²) in [7, 11) is 0. The molecular weight excluding hydrogens is 309 g/mol. The zero-order valence-electron chi connectivity index (χ0n) is 12.7. The molecule has 0 bridgehead atoms. The van der Waals surface area contributed by atoms with Gasteiger partial charge in [0.25, 0.3) is 5.91 Å². The number of benzene rings is 3. The molecule has 0 unspecified atom stereocenters. The van der Waals surface area contributed by atoms with Gasteiger partial charge in [0.1, 0.15) is 5.82 Å². The van der Waals surface area contributed by atoms with Crippen molar-refractivity contribution in [1.29, 1.82) is 0 Å².